The van der Waals surface area contributed by atoms with Crippen LogP contribution in [0.15, 0.2) is 59.5 Å². The molecule has 1 fully saturated rings. The van der Waals surface area contributed by atoms with Crippen molar-refractivity contribution in [3.05, 3.63) is 65.7 Å². The van der Waals surface area contributed by atoms with Gasteiger partial charge in [-0.25, -0.2) is 8.42 Å². The molecule has 0 spiro atoms. The van der Waals surface area contributed by atoms with Gasteiger partial charge in [0, 0.05) is 19.6 Å². The lowest BCUT2D eigenvalue weighted by Crippen LogP contribution is -2.49. The van der Waals surface area contributed by atoms with E-state index in [1.807, 2.05) is 49.5 Å². The molecule has 4 nitrogen and oxygen atoms in total. The maximum absolute atomic E-state index is 13.3. The molecule has 0 bridgehead atoms. The summed E-state index contributed by atoms with van der Waals surface area (Å²) in [4.78, 5) is 2.56. The van der Waals surface area contributed by atoms with E-state index in [1.165, 1.54) is 0 Å². The Kier molecular flexibility index (Phi) is 5.24. The monoisotopic (exact) mass is 372 g/mol. The maximum Gasteiger partial charge on any atom is 0.243 e. The SMILES string of the molecule is CN1CCN(S(=O)(=O)c2ccc(C(C)(C)C)cc2)C(c2ccccc2)C1. The summed E-state index contributed by atoms with van der Waals surface area (Å²) in [5.74, 6) is 0. The third-order valence-electron chi connectivity index (χ3n) is 5.05. The van der Waals surface area contributed by atoms with Crippen LogP contribution in [0.1, 0.15) is 37.9 Å². The van der Waals surface area contributed by atoms with Gasteiger partial charge < -0.3 is 4.90 Å². The van der Waals surface area contributed by atoms with E-state index >= 15 is 0 Å². The topological polar surface area (TPSA) is 40.6 Å². The number of hydrogen-bond donors (Lipinski definition) is 0. The van der Waals surface area contributed by atoms with Crippen LogP contribution in [0.2, 0.25) is 0 Å². The molecule has 26 heavy (non-hydrogen) atoms. The Morgan fingerprint density at radius 3 is 2.12 bits per heavy atom. The number of likely N-dealkylation sites (N-methyl/N-ethyl adjacent to an activating group) is 1. The second-order valence-corrected chi connectivity index (χ2v) is 9.97. The van der Waals surface area contributed by atoms with Crippen molar-refractivity contribution in [2.75, 3.05) is 26.7 Å². The maximum atomic E-state index is 13.3. The Morgan fingerprint density at radius 2 is 1.54 bits per heavy atom. The van der Waals surface area contributed by atoms with E-state index in [0.29, 0.717) is 18.0 Å². The van der Waals surface area contributed by atoms with Crippen LogP contribution < -0.4 is 0 Å². The Labute approximate surface area is 157 Å². The van der Waals surface area contributed by atoms with Crippen LogP contribution in [0.25, 0.3) is 0 Å². The molecule has 0 aromatic heterocycles. The van der Waals surface area contributed by atoms with Crippen LogP contribution in [0.4, 0.5) is 0 Å². The molecule has 0 radical (unpaired) electrons. The molecule has 0 aliphatic carbocycles. The Bertz CT molecular complexity index is 840. The van der Waals surface area contributed by atoms with Crippen LogP contribution >= 0.6 is 0 Å². The number of rotatable bonds is 3. The highest BCUT2D eigenvalue weighted by atomic mass is 32.2. The molecule has 1 unspecified atom stereocenters. The average Bonchev–Trinajstić information content (AvgIpc) is 2.61. The smallest absolute Gasteiger partial charge is 0.243 e. The summed E-state index contributed by atoms with van der Waals surface area (Å²) in [6, 6.07) is 17.1. The van der Waals surface area contributed by atoms with Crippen LogP contribution in [0.3, 0.4) is 0 Å². The Morgan fingerprint density at radius 1 is 0.923 bits per heavy atom. The molecular weight excluding hydrogens is 344 g/mol. The molecule has 3 rings (SSSR count). The van der Waals surface area contributed by atoms with Crippen molar-refractivity contribution in [1.29, 1.82) is 0 Å². The quantitative estimate of drug-likeness (QED) is 0.825. The van der Waals surface area contributed by atoms with Gasteiger partial charge in [-0.15, -0.1) is 0 Å². The molecule has 2 aromatic carbocycles. The number of benzene rings is 2. The first kappa shape index (κ1) is 19.1. The van der Waals surface area contributed by atoms with Gasteiger partial charge >= 0.3 is 0 Å². The van der Waals surface area contributed by atoms with Crippen molar-refractivity contribution < 1.29 is 8.42 Å². The summed E-state index contributed by atoms with van der Waals surface area (Å²) in [5.41, 5.74) is 2.17. The molecule has 0 N–H and O–H groups in total. The van der Waals surface area contributed by atoms with Crippen molar-refractivity contribution in [3.63, 3.8) is 0 Å². The lowest BCUT2D eigenvalue weighted by molar-refractivity contribution is 0.160. The minimum Gasteiger partial charge on any atom is -0.303 e. The summed E-state index contributed by atoms with van der Waals surface area (Å²) < 4.78 is 28.4. The van der Waals surface area contributed by atoms with Gasteiger partial charge in [-0.1, -0.05) is 63.2 Å². The molecule has 0 amide bonds. The van der Waals surface area contributed by atoms with E-state index in [9.17, 15) is 8.42 Å². The highest BCUT2D eigenvalue weighted by molar-refractivity contribution is 7.89. The predicted molar refractivity (Wildman–Crippen MR) is 106 cm³/mol. The molecule has 0 saturated carbocycles. The number of piperazine rings is 1. The van der Waals surface area contributed by atoms with Gasteiger partial charge in [0.15, 0.2) is 0 Å². The average molecular weight is 373 g/mol. The molecule has 1 aliphatic heterocycles. The third kappa shape index (κ3) is 3.85. The van der Waals surface area contributed by atoms with E-state index in [0.717, 1.165) is 17.7 Å². The zero-order valence-corrected chi connectivity index (χ0v) is 16.8. The van der Waals surface area contributed by atoms with Crippen molar-refractivity contribution >= 4 is 10.0 Å². The summed E-state index contributed by atoms with van der Waals surface area (Å²) in [6.07, 6.45) is 0. The molecular formula is C21H28N2O2S. The summed E-state index contributed by atoms with van der Waals surface area (Å²) in [6.45, 7) is 8.32. The van der Waals surface area contributed by atoms with Crippen molar-refractivity contribution in [1.82, 2.24) is 9.21 Å². The number of nitrogens with zero attached hydrogens (tertiary/aromatic N) is 2. The Hall–Kier alpha value is -1.69. The molecule has 1 atom stereocenters. The second-order valence-electron chi connectivity index (χ2n) is 8.08. The van der Waals surface area contributed by atoms with E-state index in [4.69, 9.17) is 0 Å². The lowest BCUT2D eigenvalue weighted by Gasteiger charge is -2.39. The van der Waals surface area contributed by atoms with Gasteiger partial charge in [0.05, 0.1) is 10.9 Å². The van der Waals surface area contributed by atoms with Crippen molar-refractivity contribution in [2.45, 2.75) is 37.1 Å². The van der Waals surface area contributed by atoms with Crippen LogP contribution in [0, 0.1) is 0 Å². The fourth-order valence-electron chi connectivity index (χ4n) is 3.40. The van der Waals surface area contributed by atoms with E-state index in [1.54, 1.807) is 16.4 Å². The fraction of sp³-hybridized carbons (Fsp3) is 0.429. The third-order valence-corrected chi connectivity index (χ3v) is 6.97. The number of sulfonamides is 1. The first-order valence-corrected chi connectivity index (χ1v) is 10.5. The molecule has 5 heteroatoms. The Balaban J connectivity index is 1.96. The first-order chi connectivity index (χ1) is 12.2. The van der Waals surface area contributed by atoms with E-state index in [2.05, 4.69) is 25.7 Å². The highest BCUT2D eigenvalue weighted by Gasteiger charge is 2.36. The number of hydrogen-bond acceptors (Lipinski definition) is 3. The zero-order valence-electron chi connectivity index (χ0n) is 16.0. The molecule has 140 valence electrons. The minimum absolute atomic E-state index is 0.00268. The van der Waals surface area contributed by atoms with Gasteiger partial charge in [0.2, 0.25) is 10.0 Å². The predicted octanol–water partition coefficient (Wildman–Crippen LogP) is 3.66. The van der Waals surface area contributed by atoms with Gasteiger partial charge in [0.1, 0.15) is 0 Å². The van der Waals surface area contributed by atoms with Crippen LogP contribution in [-0.2, 0) is 15.4 Å². The van der Waals surface area contributed by atoms with Gasteiger partial charge in [-0.05, 0) is 35.7 Å². The summed E-state index contributed by atoms with van der Waals surface area (Å²) >= 11 is 0. The van der Waals surface area contributed by atoms with Crippen LogP contribution in [0.5, 0.6) is 0 Å². The normalized spacial score (nSPS) is 20.2. The molecule has 1 heterocycles. The van der Waals surface area contributed by atoms with Gasteiger partial charge in [-0.2, -0.15) is 4.31 Å². The molecule has 1 aliphatic rings. The van der Waals surface area contributed by atoms with Gasteiger partial charge in [-0.3, -0.25) is 0 Å². The second kappa shape index (κ2) is 7.14. The van der Waals surface area contributed by atoms with Crippen molar-refractivity contribution in [3.8, 4) is 0 Å². The van der Waals surface area contributed by atoms with E-state index in [-0.39, 0.29) is 11.5 Å². The standard InChI is InChI=1S/C21H28N2O2S/c1-21(2,3)18-10-12-19(13-11-18)26(24,25)23-15-14-22(4)16-20(23)17-8-6-5-7-9-17/h5-13,20H,14-16H2,1-4H3. The zero-order chi connectivity index (χ0) is 18.9. The van der Waals surface area contributed by atoms with Crippen molar-refractivity contribution in [2.24, 2.45) is 0 Å². The first-order valence-electron chi connectivity index (χ1n) is 9.05. The summed E-state index contributed by atoms with van der Waals surface area (Å²) in [5, 5.41) is 0. The van der Waals surface area contributed by atoms with Crippen LogP contribution in [-0.4, -0.2) is 44.3 Å². The lowest BCUT2D eigenvalue weighted by atomic mass is 9.87. The minimum atomic E-state index is -3.54. The summed E-state index contributed by atoms with van der Waals surface area (Å²) in [7, 11) is -1.50. The molecule has 2 aromatic rings. The fourth-order valence-corrected chi connectivity index (χ4v) is 5.00. The van der Waals surface area contributed by atoms with Gasteiger partial charge in [0.25, 0.3) is 0 Å². The van der Waals surface area contributed by atoms with E-state index < -0.39 is 10.0 Å². The highest BCUT2D eigenvalue weighted by Crippen LogP contribution is 2.31. The largest absolute Gasteiger partial charge is 0.303 e. The molecule has 1 saturated heterocycles.